The Morgan fingerprint density at radius 1 is 0.257 bits per heavy atom. The Morgan fingerprint density at radius 2 is 0.629 bits per heavy atom. The SMILES string of the molecule is CC1(C)c2ccccc2-c2ccc(N(c3ccc(-c4cccc5ccccc45)cc3)c3ccc4c(c3)C3(c5ccccc5-c5ccc(N(c6ccccc6)c6ccccc6)cc53)c3ccccc3-4)cc21. The number of para-hydroxylation sites is 2. The predicted octanol–water partition coefficient (Wildman–Crippen LogP) is 18.1. The molecule has 2 heteroatoms. The van der Waals surface area contributed by atoms with Crippen molar-refractivity contribution in [3.63, 3.8) is 0 Å². The first kappa shape index (κ1) is 40.4. The van der Waals surface area contributed by atoms with E-state index < -0.39 is 5.41 Å². The van der Waals surface area contributed by atoms with Crippen LogP contribution >= 0.6 is 0 Å². The lowest BCUT2D eigenvalue weighted by Crippen LogP contribution is -2.26. The topological polar surface area (TPSA) is 6.48 Å². The summed E-state index contributed by atoms with van der Waals surface area (Å²) in [5.74, 6) is 0. The van der Waals surface area contributed by atoms with E-state index in [1.807, 2.05) is 0 Å². The molecule has 0 N–H and O–H groups in total. The van der Waals surface area contributed by atoms with Crippen molar-refractivity contribution in [3.8, 4) is 44.5 Å². The summed E-state index contributed by atoms with van der Waals surface area (Å²) in [6.07, 6.45) is 0. The molecule has 3 aliphatic rings. The van der Waals surface area contributed by atoms with Crippen molar-refractivity contribution >= 4 is 44.9 Å². The van der Waals surface area contributed by atoms with Crippen molar-refractivity contribution in [3.05, 3.63) is 288 Å². The van der Waals surface area contributed by atoms with Crippen LogP contribution in [0.2, 0.25) is 0 Å². The largest absolute Gasteiger partial charge is 0.310 e. The van der Waals surface area contributed by atoms with Gasteiger partial charge in [0.05, 0.1) is 5.41 Å². The second kappa shape index (κ2) is 15.4. The molecule has 0 bridgehead atoms. The molecule has 3 aliphatic carbocycles. The number of hydrogen-bond donors (Lipinski definition) is 0. The van der Waals surface area contributed by atoms with E-state index in [0.29, 0.717) is 0 Å². The van der Waals surface area contributed by atoms with E-state index in [0.717, 1.165) is 34.1 Å². The van der Waals surface area contributed by atoms with E-state index >= 15 is 0 Å². The third kappa shape index (κ3) is 5.80. The number of fused-ring (bicyclic) bond motifs is 14. The van der Waals surface area contributed by atoms with Crippen molar-refractivity contribution in [2.75, 3.05) is 9.80 Å². The predicted molar refractivity (Wildman–Crippen MR) is 293 cm³/mol. The molecule has 0 saturated carbocycles. The molecule has 2 nitrogen and oxygen atoms in total. The van der Waals surface area contributed by atoms with Crippen LogP contribution in [0.15, 0.2) is 255 Å². The van der Waals surface area contributed by atoms with Crippen LogP contribution in [0.1, 0.15) is 47.2 Å². The van der Waals surface area contributed by atoms with Gasteiger partial charge < -0.3 is 9.80 Å². The number of hydrogen-bond acceptors (Lipinski definition) is 2. The fourth-order valence-corrected chi connectivity index (χ4v) is 12.5. The van der Waals surface area contributed by atoms with Gasteiger partial charge in [-0.25, -0.2) is 0 Å². The minimum atomic E-state index is -0.575. The lowest BCUT2D eigenvalue weighted by Gasteiger charge is -2.33. The second-order valence-corrected chi connectivity index (χ2v) is 19.6. The van der Waals surface area contributed by atoms with Gasteiger partial charge in [0.25, 0.3) is 0 Å². The van der Waals surface area contributed by atoms with Crippen molar-refractivity contribution in [2.45, 2.75) is 24.7 Å². The van der Waals surface area contributed by atoms with Gasteiger partial charge in [0.15, 0.2) is 0 Å². The Balaban J connectivity index is 0.995. The zero-order chi connectivity index (χ0) is 46.6. The summed E-state index contributed by atoms with van der Waals surface area (Å²) in [5.41, 5.74) is 24.1. The molecule has 11 aromatic carbocycles. The van der Waals surface area contributed by atoms with Crippen LogP contribution in [0, 0.1) is 0 Å². The molecule has 0 aliphatic heterocycles. The van der Waals surface area contributed by atoms with Gasteiger partial charge in [0, 0.05) is 39.5 Å². The van der Waals surface area contributed by atoms with Crippen LogP contribution in [-0.4, -0.2) is 0 Å². The Bertz CT molecular complexity index is 3810. The van der Waals surface area contributed by atoms with Gasteiger partial charge in [0.1, 0.15) is 0 Å². The molecule has 0 radical (unpaired) electrons. The van der Waals surface area contributed by atoms with Crippen LogP contribution in [0.25, 0.3) is 55.3 Å². The summed E-state index contributed by atoms with van der Waals surface area (Å²) >= 11 is 0. The molecule has 0 amide bonds. The second-order valence-electron chi connectivity index (χ2n) is 19.6. The molecule has 11 aromatic rings. The van der Waals surface area contributed by atoms with E-state index in [1.165, 1.54) is 88.7 Å². The van der Waals surface area contributed by atoms with E-state index in [2.05, 4.69) is 278 Å². The molecule has 0 saturated heterocycles. The lowest BCUT2D eigenvalue weighted by molar-refractivity contribution is 0.660. The van der Waals surface area contributed by atoms with Crippen molar-refractivity contribution in [2.24, 2.45) is 0 Å². The van der Waals surface area contributed by atoms with Crippen molar-refractivity contribution in [1.29, 1.82) is 0 Å². The molecule has 0 fully saturated rings. The van der Waals surface area contributed by atoms with Gasteiger partial charge in [-0.05, 0) is 161 Å². The maximum absolute atomic E-state index is 2.52. The molecule has 0 heterocycles. The van der Waals surface area contributed by atoms with Crippen LogP contribution in [-0.2, 0) is 10.8 Å². The average Bonchev–Trinajstić information content (AvgIpc) is 3.97. The number of anilines is 6. The maximum atomic E-state index is 2.52. The van der Waals surface area contributed by atoms with Gasteiger partial charge in [-0.1, -0.05) is 196 Å². The normalized spacial score (nSPS) is 15.2. The number of benzene rings is 11. The summed E-state index contributed by atoms with van der Waals surface area (Å²) in [4.78, 5) is 4.89. The fourth-order valence-electron chi connectivity index (χ4n) is 12.5. The Morgan fingerprint density at radius 3 is 1.20 bits per heavy atom. The summed E-state index contributed by atoms with van der Waals surface area (Å²) in [5, 5.41) is 2.50. The minimum Gasteiger partial charge on any atom is -0.310 e. The lowest BCUT2D eigenvalue weighted by atomic mass is 9.70. The summed E-state index contributed by atoms with van der Waals surface area (Å²) in [7, 11) is 0. The molecule has 330 valence electrons. The molecule has 1 unspecified atom stereocenters. The first-order valence-corrected chi connectivity index (χ1v) is 24.5. The van der Waals surface area contributed by atoms with Gasteiger partial charge in [-0.3, -0.25) is 0 Å². The molecular formula is C68H48N2. The van der Waals surface area contributed by atoms with Gasteiger partial charge in [-0.2, -0.15) is 0 Å². The molecular weight excluding hydrogens is 845 g/mol. The van der Waals surface area contributed by atoms with Crippen LogP contribution < -0.4 is 9.80 Å². The highest BCUT2D eigenvalue weighted by atomic mass is 15.1. The highest BCUT2D eigenvalue weighted by molar-refractivity contribution is 5.99. The first-order valence-electron chi connectivity index (χ1n) is 24.5. The van der Waals surface area contributed by atoms with Crippen molar-refractivity contribution < 1.29 is 0 Å². The third-order valence-electron chi connectivity index (χ3n) is 15.7. The van der Waals surface area contributed by atoms with Crippen LogP contribution in [0.5, 0.6) is 0 Å². The molecule has 70 heavy (non-hydrogen) atoms. The molecule has 1 spiro atoms. The highest BCUT2D eigenvalue weighted by Gasteiger charge is 2.52. The highest BCUT2D eigenvalue weighted by Crippen LogP contribution is 2.64. The van der Waals surface area contributed by atoms with E-state index in [9.17, 15) is 0 Å². The fraction of sp³-hybridized carbons (Fsp3) is 0.0588. The van der Waals surface area contributed by atoms with Gasteiger partial charge in [-0.15, -0.1) is 0 Å². The maximum Gasteiger partial charge on any atom is 0.0727 e. The third-order valence-corrected chi connectivity index (χ3v) is 15.7. The monoisotopic (exact) mass is 892 g/mol. The summed E-state index contributed by atoms with van der Waals surface area (Å²) < 4.78 is 0. The van der Waals surface area contributed by atoms with Gasteiger partial charge >= 0.3 is 0 Å². The minimum absolute atomic E-state index is 0.155. The van der Waals surface area contributed by atoms with E-state index in [1.54, 1.807) is 0 Å². The zero-order valence-corrected chi connectivity index (χ0v) is 39.1. The molecule has 0 aromatic heterocycles. The van der Waals surface area contributed by atoms with Crippen LogP contribution in [0.4, 0.5) is 34.1 Å². The Kier molecular flexibility index (Phi) is 8.88. The van der Waals surface area contributed by atoms with E-state index in [4.69, 9.17) is 0 Å². The quantitative estimate of drug-likeness (QED) is 0.157. The zero-order valence-electron chi connectivity index (χ0n) is 39.1. The first-order chi connectivity index (χ1) is 34.5. The van der Waals surface area contributed by atoms with Crippen LogP contribution in [0.3, 0.4) is 0 Å². The van der Waals surface area contributed by atoms with Crippen molar-refractivity contribution in [1.82, 2.24) is 0 Å². The summed E-state index contributed by atoms with van der Waals surface area (Å²) in [6.45, 7) is 4.75. The standard InChI is InChI=1S/C68H48N2/c1-67(2)61-29-14-11-25-55(61)58-39-36-50(42-64(58)67)70(49-34-32-46(33-35-49)54-28-17-19-45-18-9-10-24-53(45)54)52-38-41-60-57-27-13-16-31-63(57)68(66(60)44-52)62-30-15-12-26-56(62)59-40-37-51(43-65(59)68)69(47-20-5-3-6-21-47)48-22-7-4-8-23-48/h3-44H,1-2H3. The number of nitrogens with zero attached hydrogens (tertiary/aromatic N) is 2. The average molecular weight is 893 g/mol. The number of rotatable bonds is 7. The Hall–Kier alpha value is -8.72. The Labute approximate surface area is 410 Å². The van der Waals surface area contributed by atoms with E-state index in [-0.39, 0.29) is 5.41 Å². The summed E-state index contributed by atoms with van der Waals surface area (Å²) in [6, 6.07) is 94.9. The molecule has 1 atom stereocenters. The molecule has 14 rings (SSSR count). The smallest absolute Gasteiger partial charge is 0.0727 e. The van der Waals surface area contributed by atoms with Gasteiger partial charge in [0.2, 0.25) is 0 Å².